The van der Waals surface area contributed by atoms with E-state index in [0.717, 1.165) is 19.4 Å². The minimum atomic E-state index is -0.133. The molecule has 0 heterocycles. The fourth-order valence-electron chi connectivity index (χ4n) is 1.62. The highest BCUT2D eigenvalue weighted by molar-refractivity contribution is 5.96. The standard InChI is InChI=1S/C16H22N2O2/c1-2-3-12-20-13-11-18-16(19)15-9-5-4-7-14(15)8-6-10-17/h4-5,7,9H,2-3,10-13,17H2,1H3,(H,18,19). The van der Waals surface area contributed by atoms with Crippen molar-refractivity contribution in [2.24, 2.45) is 5.73 Å². The van der Waals surface area contributed by atoms with Crippen molar-refractivity contribution in [3.8, 4) is 11.8 Å². The van der Waals surface area contributed by atoms with Crippen molar-refractivity contribution in [1.29, 1.82) is 0 Å². The minimum absolute atomic E-state index is 0.133. The van der Waals surface area contributed by atoms with Gasteiger partial charge in [-0.3, -0.25) is 4.79 Å². The number of amides is 1. The Labute approximate surface area is 120 Å². The van der Waals surface area contributed by atoms with Crippen LogP contribution in [0.2, 0.25) is 0 Å². The average Bonchev–Trinajstić information content (AvgIpc) is 2.48. The summed E-state index contributed by atoms with van der Waals surface area (Å²) in [5.41, 5.74) is 6.62. The molecule has 0 aliphatic rings. The first-order valence-electron chi connectivity index (χ1n) is 6.93. The van der Waals surface area contributed by atoms with Gasteiger partial charge in [-0.2, -0.15) is 0 Å². The third-order valence-electron chi connectivity index (χ3n) is 2.67. The Hall–Kier alpha value is -1.83. The molecule has 0 radical (unpaired) electrons. The molecule has 3 N–H and O–H groups in total. The lowest BCUT2D eigenvalue weighted by molar-refractivity contribution is 0.0912. The number of carbonyl (C=O) groups excluding carboxylic acids is 1. The van der Waals surface area contributed by atoms with Gasteiger partial charge < -0.3 is 15.8 Å². The Morgan fingerprint density at radius 2 is 2.15 bits per heavy atom. The maximum absolute atomic E-state index is 12.1. The normalized spacial score (nSPS) is 9.70. The fourth-order valence-corrected chi connectivity index (χ4v) is 1.62. The topological polar surface area (TPSA) is 64.3 Å². The second-order valence-corrected chi connectivity index (χ2v) is 4.27. The maximum Gasteiger partial charge on any atom is 0.252 e. The summed E-state index contributed by atoms with van der Waals surface area (Å²) in [4.78, 5) is 12.1. The smallest absolute Gasteiger partial charge is 0.252 e. The molecule has 0 saturated heterocycles. The first-order valence-corrected chi connectivity index (χ1v) is 6.93. The molecule has 0 spiro atoms. The van der Waals surface area contributed by atoms with Crippen molar-refractivity contribution >= 4 is 5.91 Å². The molecule has 0 aromatic heterocycles. The molecule has 1 amide bonds. The van der Waals surface area contributed by atoms with Gasteiger partial charge in [-0.05, 0) is 18.6 Å². The predicted octanol–water partition coefficient (Wildman–Crippen LogP) is 1.54. The molecule has 0 bridgehead atoms. The van der Waals surface area contributed by atoms with Crippen LogP contribution in [0, 0.1) is 11.8 Å². The highest BCUT2D eigenvalue weighted by Crippen LogP contribution is 2.06. The van der Waals surface area contributed by atoms with E-state index in [1.165, 1.54) is 0 Å². The van der Waals surface area contributed by atoms with Crippen LogP contribution in [0.3, 0.4) is 0 Å². The van der Waals surface area contributed by atoms with Crippen LogP contribution in [0.15, 0.2) is 24.3 Å². The second-order valence-electron chi connectivity index (χ2n) is 4.27. The molecular formula is C16H22N2O2. The molecule has 20 heavy (non-hydrogen) atoms. The highest BCUT2D eigenvalue weighted by atomic mass is 16.5. The Kier molecular flexibility index (Phi) is 8.13. The van der Waals surface area contributed by atoms with E-state index in [2.05, 4.69) is 24.1 Å². The van der Waals surface area contributed by atoms with E-state index in [4.69, 9.17) is 10.5 Å². The molecular weight excluding hydrogens is 252 g/mol. The predicted molar refractivity (Wildman–Crippen MR) is 80.4 cm³/mol. The summed E-state index contributed by atoms with van der Waals surface area (Å²) in [6.45, 7) is 4.17. The number of benzene rings is 1. The van der Waals surface area contributed by atoms with Crippen LogP contribution < -0.4 is 11.1 Å². The summed E-state index contributed by atoms with van der Waals surface area (Å²) in [6, 6.07) is 7.24. The van der Waals surface area contributed by atoms with E-state index in [1.54, 1.807) is 6.07 Å². The number of hydrogen-bond acceptors (Lipinski definition) is 3. The van der Waals surface area contributed by atoms with Gasteiger partial charge in [-0.25, -0.2) is 0 Å². The molecule has 0 saturated carbocycles. The van der Waals surface area contributed by atoms with Crippen molar-refractivity contribution in [2.45, 2.75) is 19.8 Å². The first-order chi connectivity index (χ1) is 9.79. The summed E-state index contributed by atoms with van der Waals surface area (Å²) in [6.07, 6.45) is 2.16. The zero-order valence-electron chi connectivity index (χ0n) is 11.9. The lowest BCUT2D eigenvalue weighted by atomic mass is 10.1. The molecule has 4 nitrogen and oxygen atoms in total. The van der Waals surface area contributed by atoms with Gasteiger partial charge in [0.25, 0.3) is 5.91 Å². The van der Waals surface area contributed by atoms with Crippen LogP contribution in [-0.2, 0) is 4.74 Å². The number of hydrogen-bond donors (Lipinski definition) is 2. The SMILES string of the molecule is CCCCOCCNC(=O)c1ccccc1C#CCN. The zero-order valence-corrected chi connectivity index (χ0v) is 11.9. The van der Waals surface area contributed by atoms with Crippen LogP contribution in [0.25, 0.3) is 0 Å². The third-order valence-corrected chi connectivity index (χ3v) is 2.67. The summed E-state index contributed by atoms with van der Waals surface area (Å²) < 4.78 is 5.40. The molecule has 4 heteroatoms. The van der Waals surface area contributed by atoms with Crippen LogP contribution in [0.4, 0.5) is 0 Å². The summed E-state index contributed by atoms with van der Waals surface area (Å²) in [5.74, 6) is 5.54. The highest BCUT2D eigenvalue weighted by Gasteiger charge is 2.08. The summed E-state index contributed by atoms with van der Waals surface area (Å²) in [7, 11) is 0. The number of ether oxygens (including phenoxy) is 1. The van der Waals surface area contributed by atoms with E-state index in [9.17, 15) is 4.79 Å². The number of rotatable bonds is 7. The zero-order chi connectivity index (χ0) is 14.6. The van der Waals surface area contributed by atoms with Gasteiger partial charge in [0.1, 0.15) is 0 Å². The monoisotopic (exact) mass is 274 g/mol. The van der Waals surface area contributed by atoms with Crippen molar-refractivity contribution in [1.82, 2.24) is 5.32 Å². The Balaban J connectivity index is 2.47. The van der Waals surface area contributed by atoms with Gasteiger partial charge in [0.05, 0.1) is 18.7 Å². The van der Waals surface area contributed by atoms with Crippen molar-refractivity contribution in [3.63, 3.8) is 0 Å². The number of nitrogens with one attached hydrogen (secondary N) is 1. The lowest BCUT2D eigenvalue weighted by Crippen LogP contribution is -2.28. The summed E-state index contributed by atoms with van der Waals surface area (Å²) in [5, 5.41) is 2.83. The summed E-state index contributed by atoms with van der Waals surface area (Å²) >= 11 is 0. The molecule has 0 atom stereocenters. The minimum Gasteiger partial charge on any atom is -0.380 e. The van der Waals surface area contributed by atoms with Gasteiger partial charge in [0.15, 0.2) is 0 Å². The molecule has 1 aromatic rings. The average molecular weight is 274 g/mol. The van der Waals surface area contributed by atoms with Gasteiger partial charge in [0.2, 0.25) is 0 Å². The molecule has 0 fully saturated rings. The lowest BCUT2D eigenvalue weighted by Gasteiger charge is -2.07. The van der Waals surface area contributed by atoms with Gasteiger partial charge in [-0.1, -0.05) is 37.3 Å². The first kappa shape index (κ1) is 16.2. The molecule has 1 aromatic carbocycles. The fraction of sp³-hybridized carbons (Fsp3) is 0.438. The van der Waals surface area contributed by atoms with Crippen molar-refractivity contribution in [3.05, 3.63) is 35.4 Å². The molecule has 0 aliphatic carbocycles. The van der Waals surface area contributed by atoms with E-state index >= 15 is 0 Å². The third kappa shape index (κ3) is 5.87. The number of carbonyl (C=O) groups is 1. The van der Waals surface area contributed by atoms with Crippen LogP contribution in [0.1, 0.15) is 35.7 Å². The number of unbranched alkanes of at least 4 members (excludes halogenated alkanes) is 1. The van der Waals surface area contributed by atoms with E-state index in [1.807, 2.05) is 18.2 Å². The van der Waals surface area contributed by atoms with Crippen molar-refractivity contribution < 1.29 is 9.53 Å². The molecule has 1 rings (SSSR count). The molecule has 0 unspecified atom stereocenters. The van der Waals surface area contributed by atoms with Gasteiger partial charge in [0, 0.05) is 18.7 Å². The van der Waals surface area contributed by atoms with Crippen LogP contribution >= 0.6 is 0 Å². The number of nitrogens with two attached hydrogens (primary N) is 1. The van der Waals surface area contributed by atoms with E-state index in [-0.39, 0.29) is 12.5 Å². The van der Waals surface area contributed by atoms with Crippen molar-refractivity contribution in [2.75, 3.05) is 26.3 Å². The van der Waals surface area contributed by atoms with Gasteiger partial charge in [-0.15, -0.1) is 0 Å². The van der Waals surface area contributed by atoms with Crippen LogP contribution in [0.5, 0.6) is 0 Å². The molecule has 0 aliphatic heterocycles. The van der Waals surface area contributed by atoms with E-state index in [0.29, 0.717) is 24.3 Å². The van der Waals surface area contributed by atoms with E-state index < -0.39 is 0 Å². The van der Waals surface area contributed by atoms with Crippen LogP contribution in [-0.4, -0.2) is 32.2 Å². The Morgan fingerprint density at radius 3 is 2.90 bits per heavy atom. The second kappa shape index (κ2) is 10.0. The molecule has 108 valence electrons. The Morgan fingerprint density at radius 1 is 1.35 bits per heavy atom. The quantitative estimate of drug-likeness (QED) is 0.585. The Bertz CT molecular complexity index is 475. The maximum atomic E-state index is 12.1. The largest absolute Gasteiger partial charge is 0.380 e. The van der Waals surface area contributed by atoms with Gasteiger partial charge >= 0.3 is 0 Å².